The highest BCUT2D eigenvalue weighted by atomic mass is 35.5. The third kappa shape index (κ3) is 8.71. The number of halogens is 1. The van der Waals surface area contributed by atoms with Crippen molar-refractivity contribution >= 4 is 39.1 Å². The first-order valence-electron chi connectivity index (χ1n) is 13.6. The second kappa shape index (κ2) is 14.4. The highest BCUT2D eigenvalue weighted by molar-refractivity contribution is 7.92. The number of aryl methyl sites for hydroxylation is 1. The lowest BCUT2D eigenvalue weighted by Gasteiger charge is -2.32. The smallest absolute Gasteiger partial charge is 0.264 e. The normalized spacial score (nSPS) is 12.1. The number of carbonyl (C=O) groups is 2. The summed E-state index contributed by atoms with van der Waals surface area (Å²) >= 11 is 6.19. The van der Waals surface area contributed by atoms with E-state index in [1.807, 2.05) is 27.7 Å². The molecule has 0 saturated heterocycles. The molecule has 41 heavy (non-hydrogen) atoms. The standard InChI is InChI=1S/C31H38ClN3O5S/c1-6-40-28-14-12-27(13-15-28)35(41(38,39)29-16-10-23(4)11-17-29)21-30(36)34(20-25-8-7-9-26(32)18-25)24(5)31(37)33-19-22(2)3/h7-18,22,24H,6,19-21H2,1-5H3,(H,33,37). The van der Waals surface area contributed by atoms with Crippen LogP contribution in [-0.4, -0.2) is 50.9 Å². The number of hydrogen-bond acceptors (Lipinski definition) is 5. The van der Waals surface area contributed by atoms with Crippen molar-refractivity contribution < 1.29 is 22.7 Å². The van der Waals surface area contributed by atoms with E-state index in [2.05, 4.69) is 5.32 Å². The van der Waals surface area contributed by atoms with Crippen molar-refractivity contribution in [1.82, 2.24) is 10.2 Å². The molecule has 8 nitrogen and oxygen atoms in total. The maximum Gasteiger partial charge on any atom is 0.264 e. The molecule has 3 rings (SSSR count). The van der Waals surface area contributed by atoms with Gasteiger partial charge in [-0.1, -0.05) is 55.3 Å². The van der Waals surface area contributed by atoms with E-state index in [0.717, 1.165) is 9.87 Å². The Balaban J connectivity index is 2.02. The topological polar surface area (TPSA) is 96.0 Å². The Labute approximate surface area is 248 Å². The number of sulfonamides is 1. The van der Waals surface area contributed by atoms with Gasteiger partial charge < -0.3 is 15.0 Å². The molecule has 0 spiro atoms. The van der Waals surface area contributed by atoms with Crippen LogP contribution >= 0.6 is 11.6 Å². The maximum absolute atomic E-state index is 14.0. The fourth-order valence-electron chi connectivity index (χ4n) is 4.11. The summed E-state index contributed by atoms with van der Waals surface area (Å²) in [6, 6.07) is 19.1. The summed E-state index contributed by atoms with van der Waals surface area (Å²) in [6.07, 6.45) is 0. The monoisotopic (exact) mass is 599 g/mol. The van der Waals surface area contributed by atoms with Crippen LogP contribution in [0.1, 0.15) is 38.8 Å². The minimum Gasteiger partial charge on any atom is -0.494 e. The molecule has 0 aromatic heterocycles. The van der Waals surface area contributed by atoms with Crippen molar-refractivity contribution in [3.05, 3.63) is 88.9 Å². The summed E-state index contributed by atoms with van der Waals surface area (Å²) in [5.74, 6) is -0.0730. The number of anilines is 1. The van der Waals surface area contributed by atoms with Crippen LogP contribution in [0.3, 0.4) is 0 Å². The highest BCUT2D eigenvalue weighted by Gasteiger charge is 2.32. The van der Waals surface area contributed by atoms with Gasteiger partial charge in [0.1, 0.15) is 18.3 Å². The zero-order chi connectivity index (χ0) is 30.2. The van der Waals surface area contributed by atoms with E-state index in [0.29, 0.717) is 35.2 Å². The van der Waals surface area contributed by atoms with Gasteiger partial charge >= 0.3 is 0 Å². The third-order valence-corrected chi connectivity index (χ3v) is 8.44. The van der Waals surface area contributed by atoms with Gasteiger partial charge in [0.05, 0.1) is 17.2 Å². The van der Waals surface area contributed by atoms with E-state index < -0.39 is 28.5 Å². The molecule has 1 N–H and O–H groups in total. The molecule has 3 aromatic carbocycles. The summed E-state index contributed by atoms with van der Waals surface area (Å²) in [7, 11) is -4.15. The molecule has 0 saturated carbocycles. The number of rotatable bonds is 13. The summed E-state index contributed by atoms with van der Waals surface area (Å²) in [5.41, 5.74) is 1.91. The Bertz CT molecular complexity index is 1430. The van der Waals surface area contributed by atoms with Gasteiger partial charge in [0.15, 0.2) is 0 Å². The molecular formula is C31H38ClN3O5S. The fourth-order valence-corrected chi connectivity index (χ4v) is 5.74. The maximum atomic E-state index is 14.0. The molecule has 0 fully saturated rings. The van der Waals surface area contributed by atoms with Crippen molar-refractivity contribution in [2.24, 2.45) is 5.92 Å². The average molecular weight is 600 g/mol. The van der Waals surface area contributed by atoms with Crippen LogP contribution in [0.4, 0.5) is 5.69 Å². The van der Waals surface area contributed by atoms with Crippen molar-refractivity contribution in [3.63, 3.8) is 0 Å². The Morgan fingerprint density at radius 2 is 1.63 bits per heavy atom. The number of hydrogen-bond donors (Lipinski definition) is 1. The number of ether oxygens (including phenoxy) is 1. The van der Waals surface area contributed by atoms with Crippen molar-refractivity contribution in [2.75, 3.05) is 24.0 Å². The van der Waals surface area contributed by atoms with E-state index in [1.165, 1.54) is 17.0 Å². The van der Waals surface area contributed by atoms with Gasteiger partial charge in [-0.25, -0.2) is 8.42 Å². The van der Waals surface area contributed by atoms with Crippen LogP contribution in [0.25, 0.3) is 0 Å². The van der Waals surface area contributed by atoms with Crippen LogP contribution in [-0.2, 0) is 26.2 Å². The van der Waals surface area contributed by atoms with E-state index in [-0.39, 0.29) is 23.3 Å². The van der Waals surface area contributed by atoms with Crippen LogP contribution in [0.5, 0.6) is 5.75 Å². The van der Waals surface area contributed by atoms with Gasteiger partial charge in [-0.3, -0.25) is 13.9 Å². The Morgan fingerprint density at radius 3 is 2.22 bits per heavy atom. The molecular weight excluding hydrogens is 562 g/mol. The molecule has 3 aromatic rings. The van der Waals surface area contributed by atoms with Crippen LogP contribution in [0.2, 0.25) is 5.02 Å². The van der Waals surface area contributed by atoms with Crippen molar-refractivity contribution in [2.45, 2.75) is 52.1 Å². The summed E-state index contributed by atoms with van der Waals surface area (Å²) in [6.45, 7) is 9.75. The molecule has 10 heteroatoms. The van der Waals surface area contributed by atoms with Gasteiger partial charge in [-0.2, -0.15) is 0 Å². The second-order valence-corrected chi connectivity index (χ2v) is 12.5. The zero-order valence-corrected chi connectivity index (χ0v) is 25.7. The van der Waals surface area contributed by atoms with Gasteiger partial charge in [0.2, 0.25) is 11.8 Å². The molecule has 0 aliphatic carbocycles. The lowest BCUT2D eigenvalue weighted by molar-refractivity contribution is -0.139. The Hall–Kier alpha value is -3.56. The van der Waals surface area contributed by atoms with E-state index in [1.54, 1.807) is 67.6 Å². The summed E-state index contributed by atoms with van der Waals surface area (Å²) in [4.78, 5) is 28.5. The van der Waals surface area contributed by atoms with Crippen LogP contribution < -0.4 is 14.4 Å². The van der Waals surface area contributed by atoms with Crippen LogP contribution in [0.15, 0.2) is 77.7 Å². The molecule has 1 unspecified atom stereocenters. The number of benzene rings is 3. The average Bonchev–Trinajstić information content (AvgIpc) is 2.93. The first kappa shape index (κ1) is 32.0. The minimum atomic E-state index is -4.15. The van der Waals surface area contributed by atoms with E-state index in [9.17, 15) is 18.0 Å². The largest absolute Gasteiger partial charge is 0.494 e. The first-order valence-corrected chi connectivity index (χ1v) is 15.4. The molecule has 0 bridgehead atoms. The van der Waals surface area contributed by atoms with Crippen LogP contribution in [0, 0.1) is 12.8 Å². The van der Waals surface area contributed by atoms with E-state index >= 15 is 0 Å². The molecule has 220 valence electrons. The Morgan fingerprint density at radius 1 is 0.976 bits per heavy atom. The number of nitrogens with zero attached hydrogens (tertiary/aromatic N) is 2. The highest BCUT2D eigenvalue weighted by Crippen LogP contribution is 2.27. The quantitative estimate of drug-likeness (QED) is 0.283. The van der Waals surface area contributed by atoms with Crippen molar-refractivity contribution in [3.8, 4) is 5.75 Å². The number of carbonyl (C=O) groups excluding carboxylic acids is 2. The SMILES string of the molecule is CCOc1ccc(N(CC(=O)N(Cc2cccc(Cl)c2)C(C)C(=O)NCC(C)C)S(=O)(=O)c2ccc(C)cc2)cc1. The van der Waals surface area contributed by atoms with Gasteiger partial charge in [0.25, 0.3) is 10.0 Å². The molecule has 0 radical (unpaired) electrons. The van der Waals surface area contributed by atoms with Gasteiger partial charge in [-0.05, 0) is 80.8 Å². The van der Waals surface area contributed by atoms with Gasteiger partial charge in [-0.15, -0.1) is 0 Å². The predicted octanol–water partition coefficient (Wildman–Crippen LogP) is 5.43. The lowest BCUT2D eigenvalue weighted by atomic mass is 10.1. The second-order valence-electron chi connectivity index (χ2n) is 10.2. The minimum absolute atomic E-state index is 0.0499. The third-order valence-electron chi connectivity index (χ3n) is 6.42. The molecule has 2 amide bonds. The molecule has 0 aliphatic rings. The molecule has 1 atom stereocenters. The zero-order valence-electron chi connectivity index (χ0n) is 24.1. The van der Waals surface area contributed by atoms with Crippen molar-refractivity contribution in [1.29, 1.82) is 0 Å². The number of nitrogens with one attached hydrogen (secondary N) is 1. The Kier molecular flexibility index (Phi) is 11.2. The summed E-state index contributed by atoms with van der Waals surface area (Å²) < 4.78 is 34.4. The number of amides is 2. The summed E-state index contributed by atoms with van der Waals surface area (Å²) in [5, 5.41) is 3.36. The molecule has 0 heterocycles. The first-order chi connectivity index (χ1) is 19.4. The lowest BCUT2D eigenvalue weighted by Crippen LogP contribution is -2.51. The predicted molar refractivity (Wildman–Crippen MR) is 163 cm³/mol. The van der Waals surface area contributed by atoms with E-state index in [4.69, 9.17) is 16.3 Å². The fraction of sp³-hybridized carbons (Fsp3) is 0.355. The molecule has 0 aliphatic heterocycles. The van der Waals surface area contributed by atoms with Gasteiger partial charge in [0, 0.05) is 18.1 Å².